The van der Waals surface area contributed by atoms with E-state index in [1.54, 1.807) is 45.1 Å². The zero-order valence-corrected chi connectivity index (χ0v) is 17.4. The fourth-order valence-corrected chi connectivity index (χ4v) is 5.85. The van der Waals surface area contributed by atoms with Crippen molar-refractivity contribution in [1.29, 1.82) is 0 Å². The van der Waals surface area contributed by atoms with Crippen LogP contribution in [-0.4, -0.2) is 12.5 Å². The van der Waals surface area contributed by atoms with E-state index in [1.807, 2.05) is 0 Å². The van der Waals surface area contributed by atoms with E-state index in [0.29, 0.717) is 0 Å². The van der Waals surface area contributed by atoms with Gasteiger partial charge in [-0.15, -0.1) is 23.5 Å². The summed E-state index contributed by atoms with van der Waals surface area (Å²) < 4.78 is 0.307. The molecule has 0 N–H and O–H groups in total. The van der Waals surface area contributed by atoms with Gasteiger partial charge in [-0.1, -0.05) is 45.9 Å². The first-order chi connectivity index (χ1) is 10.6. The van der Waals surface area contributed by atoms with E-state index in [-0.39, 0.29) is 9.16 Å². The van der Waals surface area contributed by atoms with Crippen LogP contribution in [0.2, 0.25) is 0 Å². The predicted molar refractivity (Wildman–Crippen MR) is 115 cm³/mol. The van der Waals surface area contributed by atoms with Gasteiger partial charge < -0.3 is 0 Å². The van der Waals surface area contributed by atoms with Gasteiger partial charge in [-0.05, 0) is 47.9 Å². The van der Waals surface area contributed by atoms with Crippen molar-refractivity contribution in [3.05, 3.63) is 59.7 Å². The van der Waals surface area contributed by atoms with Crippen molar-refractivity contribution < 1.29 is 0 Å². The molecule has 2 rings (SSSR count). The van der Waals surface area contributed by atoms with Crippen LogP contribution < -0.4 is 0 Å². The van der Waals surface area contributed by atoms with Crippen LogP contribution in [0.5, 0.6) is 0 Å². The molecule has 0 aliphatic rings. The Morgan fingerprint density at radius 2 is 0.955 bits per heavy atom. The highest BCUT2D eigenvalue weighted by Crippen LogP contribution is 2.49. The van der Waals surface area contributed by atoms with Crippen molar-refractivity contribution >= 4 is 70.4 Å². The average Bonchev–Trinajstić information content (AvgIpc) is 2.59. The normalized spacial score (nSPS) is 13.8. The molecule has 0 aliphatic heterocycles. The lowest BCUT2D eigenvalue weighted by Gasteiger charge is -2.15. The Morgan fingerprint density at radius 1 is 0.636 bits per heavy atom. The van der Waals surface area contributed by atoms with E-state index in [9.17, 15) is 0 Å². The maximum atomic E-state index is 4.70. The van der Waals surface area contributed by atoms with Gasteiger partial charge in [-0.2, -0.15) is 25.3 Å². The zero-order chi connectivity index (χ0) is 15.9. The predicted octanol–water partition coefficient (Wildman–Crippen LogP) is 7.07. The molecular weight excluding hydrogens is 385 g/mol. The van der Waals surface area contributed by atoms with Gasteiger partial charge >= 0.3 is 0 Å². The number of hydrogen-bond donors (Lipinski definition) is 2. The van der Waals surface area contributed by atoms with E-state index < -0.39 is 0 Å². The van der Waals surface area contributed by atoms with E-state index in [4.69, 9.17) is 25.3 Å². The summed E-state index contributed by atoms with van der Waals surface area (Å²) in [6.07, 6.45) is 4.18. The second kappa shape index (κ2) is 9.74. The van der Waals surface area contributed by atoms with Gasteiger partial charge in [0.05, 0.1) is 9.16 Å². The second-order valence-electron chi connectivity index (χ2n) is 4.44. The molecule has 2 atom stereocenters. The number of thiol groups is 2. The molecule has 2 unspecified atom stereocenters. The van der Waals surface area contributed by atoms with Crippen LogP contribution in [0.1, 0.15) is 20.3 Å². The Balaban J connectivity index is 1.89. The summed E-state index contributed by atoms with van der Waals surface area (Å²) in [4.78, 5) is 2.56. The Bertz CT molecular complexity index is 513. The Morgan fingerprint density at radius 3 is 1.23 bits per heavy atom. The number of benzene rings is 2. The molecule has 0 aliphatic carbocycles. The van der Waals surface area contributed by atoms with Gasteiger partial charge in [-0.25, -0.2) is 0 Å². The summed E-state index contributed by atoms with van der Waals surface area (Å²) in [5.74, 6) is 0. The molecule has 2 aromatic carbocycles. The monoisotopic (exact) mass is 402 g/mol. The quantitative estimate of drug-likeness (QED) is 0.220. The molecule has 2 aromatic rings. The lowest BCUT2D eigenvalue weighted by atomic mass is 10.2. The maximum Gasteiger partial charge on any atom is 0.0825 e. The number of hydrogen-bond acceptors (Lipinski definition) is 6. The van der Waals surface area contributed by atoms with E-state index >= 15 is 0 Å². The standard InChI is InChI=1S/C16H18S6/c1-19-13-7-3-11(4-8-13)15(17)21-22-16(18)12-5-9-14(20-2)10-6-12/h3-10,15-18H,1-2H3. The van der Waals surface area contributed by atoms with Gasteiger partial charge in [0.2, 0.25) is 0 Å². The highest BCUT2D eigenvalue weighted by atomic mass is 33.1. The Hall–Kier alpha value is 0.540. The molecule has 0 saturated heterocycles. The lowest BCUT2D eigenvalue weighted by Crippen LogP contribution is -1.86. The molecule has 0 saturated carbocycles. The Labute approximate surface area is 160 Å². The molecular formula is C16H18S6. The van der Waals surface area contributed by atoms with Crippen LogP contribution in [0.15, 0.2) is 58.3 Å². The van der Waals surface area contributed by atoms with Crippen molar-refractivity contribution in [2.24, 2.45) is 0 Å². The van der Waals surface area contributed by atoms with Crippen LogP contribution >= 0.6 is 70.4 Å². The van der Waals surface area contributed by atoms with Gasteiger partial charge in [0, 0.05) is 9.79 Å². The molecule has 0 fully saturated rings. The van der Waals surface area contributed by atoms with E-state index in [0.717, 1.165) is 0 Å². The highest BCUT2D eigenvalue weighted by Gasteiger charge is 2.13. The summed E-state index contributed by atoms with van der Waals surface area (Å²) >= 11 is 12.9. The zero-order valence-electron chi connectivity index (χ0n) is 12.3. The maximum absolute atomic E-state index is 4.70. The summed E-state index contributed by atoms with van der Waals surface area (Å²) in [5, 5.41) is 0. The minimum absolute atomic E-state index is 0.154. The highest BCUT2D eigenvalue weighted by molar-refractivity contribution is 8.79. The molecule has 0 bridgehead atoms. The first-order valence-electron chi connectivity index (χ1n) is 6.60. The molecule has 0 nitrogen and oxygen atoms in total. The third-order valence-electron chi connectivity index (χ3n) is 3.04. The van der Waals surface area contributed by atoms with Crippen molar-refractivity contribution in [3.63, 3.8) is 0 Å². The van der Waals surface area contributed by atoms with Crippen molar-refractivity contribution in [1.82, 2.24) is 0 Å². The molecule has 118 valence electrons. The minimum Gasteiger partial charge on any atom is -0.159 e. The van der Waals surface area contributed by atoms with Crippen molar-refractivity contribution in [2.45, 2.75) is 19.0 Å². The average molecular weight is 403 g/mol. The molecule has 0 heterocycles. The Kier molecular flexibility index (Phi) is 8.36. The van der Waals surface area contributed by atoms with E-state index in [2.05, 4.69) is 61.0 Å². The number of thioether (sulfide) groups is 2. The van der Waals surface area contributed by atoms with Crippen LogP contribution in [0, 0.1) is 0 Å². The summed E-state index contributed by atoms with van der Waals surface area (Å²) in [6, 6.07) is 17.2. The van der Waals surface area contributed by atoms with Gasteiger partial charge in [0.15, 0.2) is 0 Å². The van der Waals surface area contributed by atoms with Gasteiger partial charge in [-0.3, -0.25) is 0 Å². The molecule has 0 aromatic heterocycles. The SMILES string of the molecule is CSc1ccc(C(S)SSC(S)c2ccc(SC)cc2)cc1. The molecule has 0 spiro atoms. The smallest absolute Gasteiger partial charge is 0.0825 e. The van der Waals surface area contributed by atoms with Crippen LogP contribution in [-0.2, 0) is 0 Å². The second-order valence-corrected chi connectivity index (χ2v) is 10.4. The van der Waals surface area contributed by atoms with E-state index in [1.165, 1.54) is 20.9 Å². The van der Waals surface area contributed by atoms with Crippen molar-refractivity contribution in [3.8, 4) is 0 Å². The topological polar surface area (TPSA) is 0 Å². The molecule has 0 amide bonds. The first kappa shape index (κ1) is 18.9. The molecule has 22 heavy (non-hydrogen) atoms. The van der Waals surface area contributed by atoms with Gasteiger partial charge in [0.25, 0.3) is 0 Å². The third-order valence-corrected chi connectivity index (χ3v) is 9.12. The third kappa shape index (κ3) is 5.56. The summed E-state index contributed by atoms with van der Waals surface area (Å²) in [5.41, 5.74) is 2.47. The number of rotatable bonds is 7. The fraction of sp³-hybridized carbons (Fsp3) is 0.250. The van der Waals surface area contributed by atoms with Crippen LogP contribution in [0.3, 0.4) is 0 Å². The fourth-order valence-electron chi connectivity index (χ4n) is 1.75. The minimum atomic E-state index is 0.154. The summed E-state index contributed by atoms with van der Waals surface area (Å²) in [6.45, 7) is 0. The summed E-state index contributed by atoms with van der Waals surface area (Å²) in [7, 11) is 3.50. The van der Waals surface area contributed by atoms with Crippen molar-refractivity contribution in [2.75, 3.05) is 12.5 Å². The largest absolute Gasteiger partial charge is 0.159 e. The van der Waals surface area contributed by atoms with Gasteiger partial charge in [0.1, 0.15) is 0 Å². The lowest BCUT2D eigenvalue weighted by molar-refractivity contribution is 1.33. The first-order valence-corrected chi connectivity index (χ1v) is 12.4. The van der Waals surface area contributed by atoms with Crippen LogP contribution in [0.25, 0.3) is 0 Å². The molecule has 0 radical (unpaired) electrons. The molecule has 6 heteroatoms. The van der Waals surface area contributed by atoms with Crippen LogP contribution in [0.4, 0.5) is 0 Å².